The van der Waals surface area contributed by atoms with Crippen LogP contribution in [0.3, 0.4) is 0 Å². The van der Waals surface area contributed by atoms with Crippen LogP contribution in [0.4, 0.5) is 0 Å². The maximum atomic E-state index is 5.38. The highest BCUT2D eigenvalue weighted by Gasteiger charge is 2.06. The number of hydrogen-bond acceptors (Lipinski definition) is 4. The van der Waals surface area contributed by atoms with Gasteiger partial charge in [0.2, 0.25) is 0 Å². The van der Waals surface area contributed by atoms with E-state index < -0.39 is 0 Å². The molecule has 12 heavy (non-hydrogen) atoms. The lowest BCUT2D eigenvalue weighted by atomic mass is 10.6. The Balaban J connectivity index is 0. The topological polar surface area (TPSA) is 67.5 Å². The van der Waals surface area contributed by atoms with E-state index >= 15 is 0 Å². The van der Waals surface area contributed by atoms with Gasteiger partial charge >= 0.3 is 0 Å². The van der Waals surface area contributed by atoms with Crippen LogP contribution in [0.2, 0.25) is 0 Å². The minimum Gasteiger partial charge on any atom is -0.357 e. The molecule has 1 aliphatic heterocycles. The molecule has 72 valence electrons. The van der Waals surface area contributed by atoms with Gasteiger partial charge in [-0.1, -0.05) is 6.58 Å². The van der Waals surface area contributed by atoms with Crippen molar-refractivity contribution >= 4 is 17.0 Å². The third-order valence-electron chi connectivity index (χ3n) is 1.46. The van der Waals surface area contributed by atoms with Gasteiger partial charge in [-0.05, 0) is 6.20 Å². The van der Waals surface area contributed by atoms with Gasteiger partial charge in [0.05, 0.1) is 6.67 Å². The van der Waals surface area contributed by atoms with Crippen molar-refractivity contribution in [2.45, 2.75) is 0 Å². The Kier molecular flexibility index (Phi) is 8.36. The van der Waals surface area contributed by atoms with Gasteiger partial charge in [-0.15, -0.1) is 17.0 Å². The van der Waals surface area contributed by atoms with Crippen LogP contribution < -0.4 is 11.9 Å². The molecule has 0 saturated heterocycles. The van der Waals surface area contributed by atoms with E-state index in [2.05, 4.69) is 11.5 Å². The second kappa shape index (κ2) is 7.15. The molecule has 0 atom stereocenters. The molecule has 1 rings (SSSR count). The van der Waals surface area contributed by atoms with Crippen molar-refractivity contribution in [1.29, 1.82) is 0 Å². The van der Waals surface area contributed by atoms with E-state index in [0.717, 1.165) is 13.2 Å². The van der Waals surface area contributed by atoms with Gasteiger partial charge in [0.25, 0.3) is 0 Å². The first kappa shape index (κ1) is 14.0. The Labute approximate surface area is 84.1 Å². The lowest BCUT2D eigenvalue weighted by molar-refractivity contribution is 0.321. The Morgan fingerprint density at radius 2 is 2.17 bits per heavy atom. The van der Waals surface area contributed by atoms with E-state index in [1.807, 2.05) is 17.3 Å². The molecule has 4 nitrogen and oxygen atoms in total. The van der Waals surface area contributed by atoms with Gasteiger partial charge in [0.15, 0.2) is 0 Å². The highest BCUT2D eigenvalue weighted by molar-refractivity contribution is 8.93. The standard InChI is InChI=1S/C7H13N3.BrH.H3N/c1-2-9-5-6-10(7-9)4-3-8;;/h2,5-6H,1,3-4,7-8H2;1H;1H3. The molecule has 0 unspecified atom stereocenters. The van der Waals surface area contributed by atoms with Gasteiger partial charge < -0.3 is 21.7 Å². The molecule has 0 bridgehead atoms. The highest BCUT2D eigenvalue weighted by atomic mass is 79.9. The fraction of sp³-hybridized carbons (Fsp3) is 0.429. The molecule has 0 aromatic carbocycles. The van der Waals surface area contributed by atoms with E-state index in [-0.39, 0.29) is 23.1 Å². The number of nitrogens with zero attached hydrogens (tertiary/aromatic N) is 2. The van der Waals surface area contributed by atoms with E-state index in [1.54, 1.807) is 6.20 Å². The largest absolute Gasteiger partial charge is 0.357 e. The fourth-order valence-corrected chi connectivity index (χ4v) is 0.914. The van der Waals surface area contributed by atoms with Gasteiger partial charge in [0.1, 0.15) is 0 Å². The smallest absolute Gasteiger partial charge is 0.0936 e. The lowest BCUT2D eigenvalue weighted by Gasteiger charge is -2.16. The molecule has 0 fully saturated rings. The molecule has 0 saturated carbocycles. The first-order valence-electron chi connectivity index (χ1n) is 3.37. The van der Waals surface area contributed by atoms with E-state index in [1.165, 1.54) is 0 Å². The van der Waals surface area contributed by atoms with Crippen molar-refractivity contribution in [1.82, 2.24) is 16.0 Å². The predicted molar refractivity (Wildman–Crippen MR) is 57.1 cm³/mol. The zero-order chi connectivity index (χ0) is 7.40. The zero-order valence-electron chi connectivity index (χ0n) is 7.15. The van der Waals surface area contributed by atoms with Crippen molar-refractivity contribution in [3.8, 4) is 0 Å². The van der Waals surface area contributed by atoms with Crippen LogP contribution >= 0.6 is 17.0 Å². The van der Waals surface area contributed by atoms with Crippen LogP contribution in [0.25, 0.3) is 0 Å². The quantitative estimate of drug-likeness (QED) is 0.764. The lowest BCUT2D eigenvalue weighted by Crippen LogP contribution is -2.26. The minimum absolute atomic E-state index is 0. The van der Waals surface area contributed by atoms with Crippen LogP contribution in [0, 0.1) is 0 Å². The van der Waals surface area contributed by atoms with E-state index in [4.69, 9.17) is 5.73 Å². The molecule has 1 heterocycles. The maximum absolute atomic E-state index is 5.38. The Hall–Kier alpha value is -0.520. The third kappa shape index (κ3) is 3.75. The zero-order valence-corrected chi connectivity index (χ0v) is 8.86. The first-order chi connectivity index (χ1) is 4.86. The molecule has 0 amide bonds. The van der Waals surface area contributed by atoms with Crippen molar-refractivity contribution in [3.05, 3.63) is 25.2 Å². The van der Waals surface area contributed by atoms with Crippen LogP contribution in [0.1, 0.15) is 0 Å². The van der Waals surface area contributed by atoms with Crippen LogP contribution in [-0.2, 0) is 0 Å². The van der Waals surface area contributed by atoms with E-state index in [9.17, 15) is 0 Å². The Bertz CT molecular complexity index is 148. The molecule has 0 aromatic rings. The Morgan fingerprint density at radius 1 is 1.50 bits per heavy atom. The first-order valence-corrected chi connectivity index (χ1v) is 3.37. The summed E-state index contributed by atoms with van der Waals surface area (Å²) in [5.74, 6) is 0. The summed E-state index contributed by atoms with van der Waals surface area (Å²) in [6.07, 6.45) is 5.81. The molecule has 5 heteroatoms. The molecular weight excluding hydrogens is 220 g/mol. The second-order valence-electron chi connectivity index (χ2n) is 2.24. The van der Waals surface area contributed by atoms with E-state index in [0.29, 0.717) is 6.54 Å². The number of rotatable bonds is 3. The monoisotopic (exact) mass is 236 g/mol. The number of nitrogens with two attached hydrogens (primary N) is 1. The minimum atomic E-state index is 0. The third-order valence-corrected chi connectivity index (χ3v) is 1.46. The molecule has 1 aliphatic rings. The van der Waals surface area contributed by atoms with Crippen LogP contribution in [-0.4, -0.2) is 29.6 Å². The second-order valence-corrected chi connectivity index (χ2v) is 2.24. The summed E-state index contributed by atoms with van der Waals surface area (Å²) in [5.41, 5.74) is 5.38. The Morgan fingerprint density at radius 3 is 2.58 bits per heavy atom. The van der Waals surface area contributed by atoms with Crippen molar-refractivity contribution in [2.75, 3.05) is 19.8 Å². The number of hydrogen-bond donors (Lipinski definition) is 2. The van der Waals surface area contributed by atoms with Crippen molar-refractivity contribution in [2.24, 2.45) is 5.73 Å². The van der Waals surface area contributed by atoms with Gasteiger partial charge in [-0.25, -0.2) is 0 Å². The highest BCUT2D eigenvalue weighted by Crippen LogP contribution is 2.04. The molecule has 0 aliphatic carbocycles. The maximum Gasteiger partial charge on any atom is 0.0936 e. The summed E-state index contributed by atoms with van der Waals surface area (Å²) in [7, 11) is 0. The van der Waals surface area contributed by atoms with Gasteiger partial charge in [-0.3, -0.25) is 0 Å². The molecule has 0 aromatic heterocycles. The van der Waals surface area contributed by atoms with Crippen molar-refractivity contribution in [3.63, 3.8) is 0 Å². The molecule has 0 radical (unpaired) electrons. The summed E-state index contributed by atoms with van der Waals surface area (Å²) < 4.78 is 0. The summed E-state index contributed by atoms with van der Waals surface area (Å²) in [6, 6.07) is 0. The summed E-state index contributed by atoms with van der Waals surface area (Å²) in [5, 5.41) is 0. The SMILES string of the molecule is Br.C=CN1C=CN(CCN)C1.N. The summed E-state index contributed by atoms with van der Waals surface area (Å²) >= 11 is 0. The summed E-state index contributed by atoms with van der Waals surface area (Å²) in [4.78, 5) is 4.15. The van der Waals surface area contributed by atoms with Gasteiger partial charge in [-0.2, -0.15) is 0 Å². The fourth-order valence-electron chi connectivity index (χ4n) is 0.914. The predicted octanol–water partition coefficient (Wildman–Crippen LogP) is 0.875. The molecular formula is C7H17BrN4. The normalized spacial score (nSPS) is 13.8. The summed E-state index contributed by atoms with van der Waals surface area (Å²) in [6.45, 7) is 6.16. The molecule has 0 spiro atoms. The average Bonchev–Trinajstić information content (AvgIpc) is 2.37. The van der Waals surface area contributed by atoms with Gasteiger partial charge in [0, 0.05) is 25.5 Å². The van der Waals surface area contributed by atoms with Crippen LogP contribution in [0.15, 0.2) is 25.2 Å². The molecule has 5 N–H and O–H groups in total. The van der Waals surface area contributed by atoms with Crippen LogP contribution in [0.5, 0.6) is 0 Å². The average molecular weight is 237 g/mol. The van der Waals surface area contributed by atoms with Crippen molar-refractivity contribution < 1.29 is 0 Å². The number of halogens is 1.